The van der Waals surface area contributed by atoms with E-state index in [0.717, 1.165) is 34.9 Å². The van der Waals surface area contributed by atoms with Crippen molar-refractivity contribution < 1.29 is 13.7 Å². The molecule has 4 rings (SSSR count). The van der Waals surface area contributed by atoms with Crippen molar-refractivity contribution in [2.45, 2.75) is 51.0 Å². The molecular weight excluding hydrogens is 444 g/mol. The zero-order chi connectivity index (χ0) is 24.9. The summed E-state index contributed by atoms with van der Waals surface area (Å²) in [5.74, 6) is 1.65. The molecule has 2 heterocycles. The van der Waals surface area contributed by atoms with Gasteiger partial charge in [-0.15, -0.1) is 13.2 Å². The highest BCUT2D eigenvalue weighted by Gasteiger charge is 2.15. The Kier molecular flexibility index (Phi) is 12.1. The lowest BCUT2D eigenvalue weighted by molar-refractivity contribution is 0.216. The Labute approximate surface area is 209 Å². The Hall–Kier alpha value is -2.38. The predicted octanol–water partition coefficient (Wildman–Crippen LogP) is 6.80. The van der Waals surface area contributed by atoms with Gasteiger partial charge < -0.3 is 18.6 Å². The third-order valence-electron chi connectivity index (χ3n) is 5.26. The number of aliphatic hydroxyl groups excluding tert-OH is 1. The van der Waals surface area contributed by atoms with Crippen LogP contribution in [0.1, 0.15) is 38.1 Å². The van der Waals surface area contributed by atoms with Crippen LogP contribution >= 0.6 is 12.0 Å². The van der Waals surface area contributed by atoms with E-state index in [4.69, 9.17) is 18.7 Å². The molecule has 184 valence electrons. The van der Waals surface area contributed by atoms with E-state index in [0.29, 0.717) is 5.89 Å². The van der Waals surface area contributed by atoms with Crippen LogP contribution in [0.2, 0.25) is 0 Å². The van der Waals surface area contributed by atoms with Gasteiger partial charge in [0.1, 0.15) is 5.76 Å². The molecule has 1 fully saturated rings. The molecule has 5 nitrogen and oxygen atoms in total. The summed E-state index contributed by atoms with van der Waals surface area (Å²) in [5, 5.41) is 8.06. The fraction of sp³-hybridized carbons (Fsp3) is 0.393. The number of nitrogens with zero attached hydrogens (tertiary/aromatic N) is 2. The van der Waals surface area contributed by atoms with Crippen molar-refractivity contribution >= 4 is 12.0 Å². The third kappa shape index (κ3) is 8.76. The summed E-state index contributed by atoms with van der Waals surface area (Å²) in [6.45, 7) is 15.0. The normalized spacial score (nSPS) is 13.2. The smallest absolute Gasteiger partial charge is 0.226 e. The van der Waals surface area contributed by atoms with Gasteiger partial charge in [0, 0.05) is 41.6 Å². The van der Waals surface area contributed by atoms with Gasteiger partial charge in [-0.05, 0) is 82.1 Å². The first-order valence-electron chi connectivity index (χ1n) is 11.7. The van der Waals surface area contributed by atoms with Gasteiger partial charge in [0.15, 0.2) is 0 Å². The van der Waals surface area contributed by atoms with Crippen molar-refractivity contribution in [3.05, 3.63) is 73.1 Å². The van der Waals surface area contributed by atoms with E-state index < -0.39 is 0 Å². The molecule has 1 aliphatic heterocycles. The van der Waals surface area contributed by atoms with E-state index in [-0.39, 0.29) is 6.10 Å². The maximum absolute atomic E-state index is 8.06. The third-order valence-corrected chi connectivity index (χ3v) is 5.89. The summed E-state index contributed by atoms with van der Waals surface area (Å²) >= 11 is 1.37. The van der Waals surface area contributed by atoms with Gasteiger partial charge in [0.05, 0.1) is 12.8 Å². The maximum atomic E-state index is 8.06. The zero-order valence-electron chi connectivity index (χ0n) is 20.9. The quantitative estimate of drug-likeness (QED) is 0.295. The summed E-state index contributed by atoms with van der Waals surface area (Å²) in [6.07, 6.45) is 3.44. The van der Waals surface area contributed by atoms with Gasteiger partial charge >= 0.3 is 0 Å². The van der Waals surface area contributed by atoms with Crippen LogP contribution in [0.4, 0.5) is 0 Å². The lowest BCUT2D eigenvalue weighted by atomic mass is 10.0. The van der Waals surface area contributed by atoms with Crippen LogP contribution in [0.5, 0.6) is 0 Å². The molecule has 0 unspecified atom stereocenters. The molecular formula is C28H38N2O3S. The topological polar surface area (TPSA) is 58.7 Å². The van der Waals surface area contributed by atoms with Crippen LogP contribution < -0.4 is 0 Å². The summed E-state index contributed by atoms with van der Waals surface area (Å²) in [6, 6.07) is 16.8. The summed E-state index contributed by atoms with van der Waals surface area (Å²) in [7, 11) is 1.68. The Bertz CT molecular complexity index is 960. The van der Waals surface area contributed by atoms with Crippen molar-refractivity contribution in [2.24, 2.45) is 0 Å². The van der Waals surface area contributed by atoms with E-state index >= 15 is 0 Å². The molecule has 0 bridgehead atoms. The predicted molar refractivity (Wildman–Crippen MR) is 143 cm³/mol. The molecule has 1 N–H and O–H groups in total. The molecule has 1 aliphatic rings. The van der Waals surface area contributed by atoms with Gasteiger partial charge in [-0.25, -0.2) is 4.98 Å². The van der Waals surface area contributed by atoms with Crippen LogP contribution in [-0.2, 0) is 10.6 Å². The molecule has 3 aromatic rings. The van der Waals surface area contributed by atoms with Gasteiger partial charge in [0.2, 0.25) is 5.89 Å². The van der Waals surface area contributed by atoms with Gasteiger partial charge in [0.25, 0.3) is 0 Å². The number of benzene rings is 2. The molecule has 0 atom stereocenters. The Balaban J connectivity index is 0.000000618. The van der Waals surface area contributed by atoms with Crippen LogP contribution in [0.25, 0.3) is 22.6 Å². The monoisotopic (exact) mass is 482 g/mol. The largest absolute Gasteiger partial charge is 0.441 e. The van der Waals surface area contributed by atoms with Crippen molar-refractivity contribution in [2.75, 3.05) is 26.7 Å². The van der Waals surface area contributed by atoms with Crippen LogP contribution in [0.3, 0.4) is 0 Å². The van der Waals surface area contributed by atoms with Crippen LogP contribution in [0.15, 0.2) is 71.0 Å². The van der Waals surface area contributed by atoms with Gasteiger partial charge in [-0.1, -0.05) is 24.3 Å². The maximum Gasteiger partial charge on any atom is 0.226 e. The van der Waals surface area contributed by atoms with Crippen molar-refractivity contribution in [3.8, 4) is 22.6 Å². The van der Waals surface area contributed by atoms with E-state index in [1.165, 1.54) is 49.1 Å². The molecule has 0 saturated carbocycles. The van der Waals surface area contributed by atoms with Crippen LogP contribution in [0, 0.1) is 6.92 Å². The number of aryl methyl sites for hydroxylation is 1. The Morgan fingerprint density at radius 2 is 1.50 bits per heavy atom. The van der Waals surface area contributed by atoms with Crippen molar-refractivity contribution in [3.63, 3.8) is 0 Å². The first-order valence-corrected chi connectivity index (χ1v) is 12.5. The van der Waals surface area contributed by atoms with Crippen molar-refractivity contribution in [1.29, 1.82) is 0 Å². The second-order valence-electron chi connectivity index (χ2n) is 8.27. The average molecular weight is 483 g/mol. The van der Waals surface area contributed by atoms with Gasteiger partial charge in [-0.3, -0.25) is 0 Å². The van der Waals surface area contributed by atoms with Crippen LogP contribution in [-0.4, -0.2) is 47.8 Å². The Morgan fingerprint density at radius 1 is 1.00 bits per heavy atom. The molecule has 0 radical (unpaired) electrons. The molecule has 1 aromatic heterocycles. The first kappa shape index (κ1) is 27.9. The second-order valence-corrected chi connectivity index (χ2v) is 9.24. The molecule has 0 spiro atoms. The second kappa shape index (κ2) is 14.8. The zero-order valence-corrected chi connectivity index (χ0v) is 21.7. The van der Waals surface area contributed by atoms with Crippen molar-refractivity contribution in [1.82, 2.24) is 9.88 Å². The van der Waals surface area contributed by atoms with E-state index in [1.54, 1.807) is 21.0 Å². The molecule has 1 saturated heterocycles. The number of rotatable bonds is 7. The average Bonchev–Trinajstić information content (AvgIpc) is 3.49. The number of hydrogen-bond donors (Lipinski definition) is 1. The van der Waals surface area contributed by atoms with E-state index in [2.05, 4.69) is 66.6 Å². The molecule has 0 aliphatic carbocycles. The minimum absolute atomic E-state index is 0.167. The molecule has 2 aromatic carbocycles. The van der Waals surface area contributed by atoms with E-state index in [9.17, 15) is 0 Å². The summed E-state index contributed by atoms with van der Waals surface area (Å²) in [4.78, 5) is 8.38. The first-order chi connectivity index (χ1) is 16.5. The fourth-order valence-corrected chi connectivity index (χ4v) is 4.10. The van der Waals surface area contributed by atoms with Gasteiger partial charge in [-0.2, -0.15) is 0 Å². The summed E-state index contributed by atoms with van der Waals surface area (Å²) in [5.41, 5.74) is 4.46. The number of hydrogen-bond acceptors (Lipinski definition) is 6. The number of aromatic nitrogens is 1. The number of oxazole rings is 1. The molecule has 6 heteroatoms. The summed E-state index contributed by atoms with van der Waals surface area (Å²) < 4.78 is 11.1. The number of aliphatic hydroxyl groups is 1. The highest BCUT2D eigenvalue weighted by molar-refractivity contribution is 7.94. The lowest BCUT2D eigenvalue weighted by Crippen LogP contribution is -2.22. The highest BCUT2D eigenvalue weighted by atomic mass is 32.2. The SMILES string of the molecule is C=C.CC(C)O.COSc1ccc(-c2ccc(-c3nc(CCN4CCCC4)c(C)o3)cc2)cc1. The minimum atomic E-state index is -0.167. The molecule has 34 heavy (non-hydrogen) atoms. The minimum Gasteiger partial charge on any atom is -0.441 e. The van der Waals surface area contributed by atoms with E-state index in [1.807, 2.05) is 6.92 Å². The fourth-order valence-electron chi connectivity index (χ4n) is 3.66. The highest BCUT2D eigenvalue weighted by Crippen LogP contribution is 2.28. The molecule has 0 amide bonds. The standard InChI is InChI=1S/C23H26N2O2S.C3H8O.C2H4/c1-17-22(13-16-25-14-3-4-15-25)24-23(27-17)20-7-5-18(6-8-20)19-9-11-21(12-10-19)28-26-2;1-3(2)4;1-2/h5-12H,3-4,13-16H2,1-2H3;3-4H,1-2H3;1-2H2. The number of likely N-dealkylation sites (tertiary alicyclic amines) is 1. The lowest BCUT2D eigenvalue weighted by Gasteiger charge is -2.12. The Morgan fingerprint density at radius 3 is 2.03 bits per heavy atom.